The summed E-state index contributed by atoms with van der Waals surface area (Å²) in [5, 5.41) is 5.37. The molecule has 0 atom stereocenters. The molecule has 0 saturated heterocycles. The van der Waals surface area contributed by atoms with Gasteiger partial charge in [-0.1, -0.05) is 28.1 Å². The maximum atomic E-state index is 12.8. The molecule has 0 aliphatic carbocycles. The zero-order valence-corrected chi connectivity index (χ0v) is 16.5. The second-order valence-electron chi connectivity index (χ2n) is 5.73. The predicted octanol–water partition coefficient (Wildman–Crippen LogP) is 4.46. The van der Waals surface area contributed by atoms with Crippen molar-refractivity contribution in [1.82, 2.24) is 5.32 Å². The number of methoxy groups -OCH3 is 1. The molecule has 0 aliphatic rings. The van der Waals surface area contributed by atoms with Crippen molar-refractivity contribution in [2.45, 2.75) is 0 Å². The number of rotatable bonds is 6. The maximum absolute atomic E-state index is 12.8. The van der Waals surface area contributed by atoms with Crippen molar-refractivity contribution < 1.29 is 18.7 Å². The number of furan rings is 1. The van der Waals surface area contributed by atoms with E-state index in [4.69, 9.17) is 9.15 Å². The van der Waals surface area contributed by atoms with Crippen molar-refractivity contribution in [3.8, 4) is 5.75 Å². The van der Waals surface area contributed by atoms with Gasteiger partial charge in [-0.2, -0.15) is 0 Å². The monoisotopic (exact) mass is 440 g/mol. The van der Waals surface area contributed by atoms with Gasteiger partial charge in [0.2, 0.25) is 0 Å². The minimum Gasteiger partial charge on any atom is -0.497 e. The van der Waals surface area contributed by atoms with Crippen molar-refractivity contribution >= 4 is 39.5 Å². The van der Waals surface area contributed by atoms with Crippen LogP contribution in [0.15, 0.2) is 81.5 Å². The normalized spacial score (nSPS) is 11.0. The van der Waals surface area contributed by atoms with Gasteiger partial charge in [0.1, 0.15) is 11.4 Å². The number of carbonyl (C=O) groups excluding carboxylic acids is 2. The standard InChI is InChI=1S/C21H17BrN2O4/c1-27-17-9-7-16(8-10-17)23-20(25)18(13-14-4-2-5-15(22)12-14)24-21(26)19-6-3-11-28-19/h2-13H,1H3,(H,23,25)(H,24,26). The van der Waals surface area contributed by atoms with Crippen LogP contribution in [0.3, 0.4) is 0 Å². The van der Waals surface area contributed by atoms with E-state index in [0.717, 1.165) is 10.0 Å². The Morgan fingerprint density at radius 2 is 1.86 bits per heavy atom. The third-order valence-corrected chi connectivity index (χ3v) is 4.24. The summed E-state index contributed by atoms with van der Waals surface area (Å²) >= 11 is 3.39. The third-order valence-electron chi connectivity index (χ3n) is 3.75. The molecule has 0 unspecified atom stereocenters. The smallest absolute Gasteiger partial charge is 0.291 e. The summed E-state index contributed by atoms with van der Waals surface area (Å²) in [4.78, 5) is 25.2. The van der Waals surface area contributed by atoms with Crippen LogP contribution < -0.4 is 15.4 Å². The van der Waals surface area contributed by atoms with E-state index in [1.54, 1.807) is 43.5 Å². The van der Waals surface area contributed by atoms with Gasteiger partial charge in [-0.25, -0.2) is 0 Å². The third kappa shape index (κ3) is 5.11. The maximum Gasteiger partial charge on any atom is 0.291 e. The molecule has 1 aromatic heterocycles. The minimum atomic E-state index is -0.517. The molecule has 1 heterocycles. The molecule has 2 amide bonds. The molecular weight excluding hydrogens is 424 g/mol. The van der Waals surface area contributed by atoms with Crippen molar-refractivity contribution in [3.05, 3.63) is 88.4 Å². The number of hydrogen-bond acceptors (Lipinski definition) is 4. The topological polar surface area (TPSA) is 80.6 Å². The molecule has 6 nitrogen and oxygen atoms in total. The number of hydrogen-bond donors (Lipinski definition) is 2. The summed E-state index contributed by atoms with van der Waals surface area (Å²) in [5.74, 6) is -0.201. The number of benzene rings is 2. The molecule has 0 bridgehead atoms. The average molecular weight is 441 g/mol. The number of anilines is 1. The van der Waals surface area contributed by atoms with Crippen LogP contribution in [0, 0.1) is 0 Å². The first-order valence-electron chi connectivity index (χ1n) is 8.32. The Bertz CT molecular complexity index is 996. The van der Waals surface area contributed by atoms with Gasteiger partial charge in [-0.05, 0) is 60.2 Å². The highest BCUT2D eigenvalue weighted by molar-refractivity contribution is 9.10. The number of ether oxygens (including phenoxy) is 1. The van der Waals surface area contributed by atoms with E-state index >= 15 is 0 Å². The first kappa shape index (κ1) is 19.4. The minimum absolute atomic E-state index is 0.0790. The number of carbonyl (C=O) groups is 2. The van der Waals surface area contributed by atoms with E-state index in [0.29, 0.717) is 11.4 Å². The molecule has 0 radical (unpaired) electrons. The summed E-state index contributed by atoms with van der Waals surface area (Å²) in [6.07, 6.45) is 2.98. The molecule has 142 valence electrons. The molecular formula is C21H17BrN2O4. The molecule has 2 N–H and O–H groups in total. The Morgan fingerprint density at radius 3 is 2.50 bits per heavy atom. The quantitative estimate of drug-likeness (QED) is 0.554. The number of nitrogens with one attached hydrogen (secondary N) is 2. The van der Waals surface area contributed by atoms with Crippen LogP contribution in [0.1, 0.15) is 16.1 Å². The molecule has 7 heteroatoms. The van der Waals surface area contributed by atoms with Gasteiger partial charge >= 0.3 is 0 Å². The van der Waals surface area contributed by atoms with Gasteiger partial charge in [-0.15, -0.1) is 0 Å². The van der Waals surface area contributed by atoms with Gasteiger partial charge in [-0.3, -0.25) is 9.59 Å². The lowest BCUT2D eigenvalue weighted by atomic mass is 10.2. The Morgan fingerprint density at radius 1 is 1.07 bits per heavy atom. The second-order valence-corrected chi connectivity index (χ2v) is 6.64. The van der Waals surface area contributed by atoms with Crippen molar-refractivity contribution in [2.75, 3.05) is 12.4 Å². The summed E-state index contributed by atoms with van der Waals surface area (Å²) in [6, 6.07) is 17.4. The Balaban J connectivity index is 1.85. The van der Waals surface area contributed by atoms with Crippen LogP contribution in [0.5, 0.6) is 5.75 Å². The van der Waals surface area contributed by atoms with Crippen LogP contribution in [0.4, 0.5) is 5.69 Å². The largest absolute Gasteiger partial charge is 0.497 e. The van der Waals surface area contributed by atoms with Crippen LogP contribution in [-0.2, 0) is 4.79 Å². The highest BCUT2D eigenvalue weighted by atomic mass is 79.9. The van der Waals surface area contributed by atoms with Crippen LogP contribution in [0.2, 0.25) is 0 Å². The average Bonchev–Trinajstić information content (AvgIpc) is 3.23. The first-order chi connectivity index (χ1) is 13.5. The van der Waals surface area contributed by atoms with Crippen molar-refractivity contribution in [2.24, 2.45) is 0 Å². The van der Waals surface area contributed by atoms with Gasteiger partial charge in [0.15, 0.2) is 5.76 Å². The lowest BCUT2D eigenvalue weighted by Crippen LogP contribution is -2.30. The van der Waals surface area contributed by atoms with Gasteiger partial charge in [0.05, 0.1) is 13.4 Å². The van der Waals surface area contributed by atoms with E-state index in [2.05, 4.69) is 26.6 Å². The van der Waals surface area contributed by atoms with E-state index in [9.17, 15) is 9.59 Å². The second kappa shape index (κ2) is 9.05. The number of halogens is 1. The summed E-state index contributed by atoms with van der Waals surface area (Å²) < 4.78 is 11.1. The van der Waals surface area contributed by atoms with E-state index in [1.165, 1.54) is 12.3 Å². The lowest BCUT2D eigenvalue weighted by molar-refractivity contribution is -0.113. The molecule has 0 fully saturated rings. The van der Waals surface area contributed by atoms with Gasteiger partial charge in [0, 0.05) is 10.2 Å². The Kier molecular flexibility index (Phi) is 6.29. The van der Waals surface area contributed by atoms with Gasteiger partial charge < -0.3 is 19.8 Å². The van der Waals surface area contributed by atoms with Crippen LogP contribution in [-0.4, -0.2) is 18.9 Å². The molecule has 28 heavy (non-hydrogen) atoms. The summed E-state index contributed by atoms with van der Waals surface area (Å²) in [5.41, 5.74) is 1.39. The lowest BCUT2D eigenvalue weighted by Gasteiger charge is -2.11. The fourth-order valence-corrected chi connectivity index (χ4v) is 2.80. The molecule has 3 rings (SSSR count). The SMILES string of the molecule is COc1ccc(NC(=O)C(=Cc2cccc(Br)c2)NC(=O)c2ccco2)cc1. The summed E-state index contributed by atoms with van der Waals surface area (Å²) in [6.45, 7) is 0. The fraction of sp³-hybridized carbons (Fsp3) is 0.0476. The molecule has 0 aliphatic heterocycles. The molecule has 3 aromatic rings. The van der Waals surface area contributed by atoms with E-state index in [-0.39, 0.29) is 11.5 Å². The first-order valence-corrected chi connectivity index (χ1v) is 9.12. The highest BCUT2D eigenvalue weighted by Gasteiger charge is 2.16. The number of amides is 2. The van der Waals surface area contributed by atoms with E-state index < -0.39 is 11.8 Å². The summed E-state index contributed by atoms with van der Waals surface area (Å²) in [7, 11) is 1.57. The molecule has 0 spiro atoms. The Labute approximate surface area is 170 Å². The van der Waals surface area contributed by atoms with Crippen molar-refractivity contribution in [3.63, 3.8) is 0 Å². The highest BCUT2D eigenvalue weighted by Crippen LogP contribution is 2.17. The van der Waals surface area contributed by atoms with Crippen LogP contribution >= 0.6 is 15.9 Å². The molecule has 0 saturated carbocycles. The fourth-order valence-electron chi connectivity index (χ4n) is 2.39. The zero-order chi connectivity index (χ0) is 19.9. The van der Waals surface area contributed by atoms with Crippen LogP contribution in [0.25, 0.3) is 6.08 Å². The van der Waals surface area contributed by atoms with Gasteiger partial charge in [0.25, 0.3) is 11.8 Å². The van der Waals surface area contributed by atoms with E-state index in [1.807, 2.05) is 24.3 Å². The Hall–Kier alpha value is -3.32. The molecule has 2 aromatic carbocycles. The predicted molar refractivity (Wildman–Crippen MR) is 110 cm³/mol. The zero-order valence-electron chi connectivity index (χ0n) is 14.9. The van der Waals surface area contributed by atoms with Crippen molar-refractivity contribution in [1.29, 1.82) is 0 Å².